The lowest BCUT2D eigenvalue weighted by atomic mass is 9.99. The van der Waals surface area contributed by atoms with E-state index >= 15 is 0 Å². The van der Waals surface area contributed by atoms with Crippen molar-refractivity contribution in [2.24, 2.45) is 0 Å². The highest BCUT2D eigenvalue weighted by Crippen LogP contribution is 2.32. The molecule has 0 amide bonds. The Kier molecular flexibility index (Phi) is 15.8. The van der Waals surface area contributed by atoms with Crippen molar-refractivity contribution in [1.29, 1.82) is 0 Å². The van der Waals surface area contributed by atoms with E-state index in [0.717, 1.165) is 37.2 Å². The third-order valence-electron chi connectivity index (χ3n) is 5.89. The molecule has 3 N–H and O–H groups in total. The highest BCUT2D eigenvalue weighted by molar-refractivity contribution is 5.73. The summed E-state index contributed by atoms with van der Waals surface area (Å²) in [7, 11) is 0. The maximum Gasteiger partial charge on any atom is 0.490 e. The van der Waals surface area contributed by atoms with E-state index in [2.05, 4.69) is 27.0 Å². The van der Waals surface area contributed by atoms with Crippen LogP contribution in [0.25, 0.3) is 0 Å². The van der Waals surface area contributed by atoms with Crippen LogP contribution >= 0.6 is 0 Å². The molecule has 4 rings (SSSR count). The average Bonchev–Trinajstić information content (AvgIpc) is 3.35. The van der Waals surface area contributed by atoms with Crippen LogP contribution in [0.15, 0.2) is 48.9 Å². The Morgan fingerprint density at radius 3 is 1.78 bits per heavy atom. The number of hydrogen-bond acceptors (Lipinski definition) is 8. The number of nitrogens with zero attached hydrogens (tertiary/aromatic N) is 3. The van der Waals surface area contributed by atoms with E-state index in [4.69, 9.17) is 39.2 Å². The number of pyridine rings is 2. The lowest BCUT2D eigenvalue weighted by molar-refractivity contribution is -0.193. The molecule has 258 valence electrons. The van der Waals surface area contributed by atoms with Crippen LogP contribution in [0.1, 0.15) is 30.5 Å². The SMILES string of the molecule is O=C(O)C(F)(F)F.O=C(O)C(F)(F)F.O=C(O)C(F)(F)F.c1ccc(CN2CC[C@@H]3O[C@H](COCc4ccncc4)CC[C@@H]32)nc1. The number of aliphatic carboxylic acids is 3. The summed E-state index contributed by atoms with van der Waals surface area (Å²) in [6, 6.07) is 10.6. The molecule has 2 saturated heterocycles. The van der Waals surface area contributed by atoms with Crippen LogP contribution in [0.5, 0.6) is 0 Å². The number of hydrogen-bond donors (Lipinski definition) is 3. The van der Waals surface area contributed by atoms with Gasteiger partial charge in [-0.3, -0.25) is 14.9 Å². The highest BCUT2D eigenvalue weighted by Gasteiger charge is 2.41. The second kappa shape index (κ2) is 18.2. The first-order valence-corrected chi connectivity index (χ1v) is 12.9. The number of rotatable bonds is 6. The Hall–Kier alpha value is -4.04. The third kappa shape index (κ3) is 15.8. The van der Waals surface area contributed by atoms with E-state index in [1.165, 1.54) is 6.42 Å². The molecule has 2 aromatic rings. The largest absolute Gasteiger partial charge is 0.490 e. The van der Waals surface area contributed by atoms with Crippen LogP contribution in [0.4, 0.5) is 39.5 Å². The Balaban J connectivity index is 0.000000413. The summed E-state index contributed by atoms with van der Waals surface area (Å²) < 4.78 is 107. The standard InChI is InChI=1S/C20H25N3O2.3C2HF3O2/c1-2-9-22-17(3-1)13-23-12-8-20-19(23)5-4-18(25-20)15-24-14-16-6-10-21-11-7-16;3*3-2(4,5)1(6)7/h1-3,6-7,9-11,18-20H,4-5,8,12-15H2;3*(H,6,7)/t18-,19-,20-;;;/m0.../s1. The van der Waals surface area contributed by atoms with Crippen LogP contribution in [0.3, 0.4) is 0 Å². The lowest BCUT2D eigenvalue weighted by Crippen LogP contribution is -2.43. The van der Waals surface area contributed by atoms with Crippen LogP contribution < -0.4 is 0 Å². The first kappa shape index (κ1) is 40.0. The summed E-state index contributed by atoms with van der Waals surface area (Å²) in [5.41, 5.74) is 2.30. The summed E-state index contributed by atoms with van der Waals surface area (Å²) in [4.78, 5) is 37.7. The zero-order valence-electron chi connectivity index (χ0n) is 23.4. The van der Waals surface area contributed by atoms with Gasteiger partial charge >= 0.3 is 36.4 Å². The van der Waals surface area contributed by atoms with E-state index in [0.29, 0.717) is 25.4 Å². The molecule has 2 aromatic heterocycles. The lowest BCUT2D eigenvalue weighted by Gasteiger charge is -2.35. The molecule has 0 bridgehead atoms. The molecule has 11 nitrogen and oxygen atoms in total. The number of halogens is 9. The summed E-state index contributed by atoms with van der Waals surface area (Å²) >= 11 is 0. The number of ether oxygens (including phenoxy) is 2. The van der Waals surface area contributed by atoms with E-state index in [1.807, 2.05) is 24.4 Å². The molecule has 3 atom stereocenters. The van der Waals surface area contributed by atoms with E-state index in [-0.39, 0.29) is 6.10 Å². The molecule has 2 aliphatic rings. The minimum absolute atomic E-state index is 0.220. The van der Waals surface area contributed by atoms with Crippen molar-refractivity contribution in [2.75, 3.05) is 13.2 Å². The maximum absolute atomic E-state index is 10.6. The zero-order valence-corrected chi connectivity index (χ0v) is 23.4. The molecule has 2 fully saturated rings. The van der Waals surface area contributed by atoms with Gasteiger partial charge in [0.25, 0.3) is 0 Å². The van der Waals surface area contributed by atoms with Gasteiger partial charge in [0.2, 0.25) is 0 Å². The van der Waals surface area contributed by atoms with Gasteiger partial charge in [-0.25, -0.2) is 14.4 Å². The molecule has 0 spiro atoms. The number of carboxylic acid groups (broad SMARTS) is 3. The molecule has 4 heterocycles. The molecule has 2 aliphatic heterocycles. The number of alkyl halides is 9. The number of likely N-dealkylation sites (tertiary alicyclic amines) is 1. The third-order valence-corrected chi connectivity index (χ3v) is 5.89. The monoisotopic (exact) mass is 681 g/mol. The van der Waals surface area contributed by atoms with Gasteiger partial charge in [0.05, 0.1) is 31.1 Å². The first-order valence-electron chi connectivity index (χ1n) is 12.9. The number of carboxylic acids is 3. The van der Waals surface area contributed by atoms with Crippen LogP contribution in [0.2, 0.25) is 0 Å². The second-order valence-electron chi connectivity index (χ2n) is 9.30. The van der Waals surface area contributed by atoms with Crippen molar-refractivity contribution in [1.82, 2.24) is 14.9 Å². The van der Waals surface area contributed by atoms with Crippen LogP contribution in [-0.4, -0.2) is 98.0 Å². The molecule has 0 aliphatic carbocycles. The first-order chi connectivity index (χ1) is 21.2. The van der Waals surface area contributed by atoms with E-state index in [9.17, 15) is 39.5 Å². The molecule has 0 radical (unpaired) electrons. The Bertz CT molecular complexity index is 1160. The smallest absolute Gasteiger partial charge is 0.475 e. The van der Waals surface area contributed by atoms with Crippen molar-refractivity contribution in [3.8, 4) is 0 Å². The summed E-state index contributed by atoms with van der Waals surface area (Å²) in [6.07, 6.45) is -5.86. The fraction of sp³-hybridized carbons (Fsp3) is 0.500. The normalized spacial score (nSPS) is 19.5. The molecular formula is C26H28F9N3O8. The van der Waals surface area contributed by atoms with Gasteiger partial charge in [0, 0.05) is 37.7 Å². The highest BCUT2D eigenvalue weighted by atomic mass is 19.4. The van der Waals surface area contributed by atoms with E-state index < -0.39 is 36.4 Å². The maximum atomic E-state index is 10.6. The molecule has 0 aromatic carbocycles. The number of fused-ring (bicyclic) bond motifs is 1. The fourth-order valence-corrected chi connectivity index (χ4v) is 3.89. The van der Waals surface area contributed by atoms with Crippen molar-refractivity contribution in [3.63, 3.8) is 0 Å². The summed E-state index contributed by atoms with van der Waals surface area (Å²) in [5, 5.41) is 21.4. The van der Waals surface area contributed by atoms with Gasteiger partial charge in [-0.2, -0.15) is 39.5 Å². The minimum Gasteiger partial charge on any atom is -0.475 e. The Labute approximate surface area is 254 Å². The quantitative estimate of drug-likeness (QED) is 0.363. The van der Waals surface area contributed by atoms with Crippen molar-refractivity contribution < 1.29 is 78.7 Å². The predicted molar refractivity (Wildman–Crippen MR) is 136 cm³/mol. The van der Waals surface area contributed by atoms with Crippen molar-refractivity contribution in [2.45, 2.75) is 69.2 Å². The Morgan fingerprint density at radius 2 is 1.33 bits per heavy atom. The van der Waals surface area contributed by atoms with Crippen LogP contribution in [0, 0.1) is 0 Å². The predicted octanol–water partition coefficient (Wildman–Crippen LogP) is 4.72. The average molecular weight is 682 g/mol. The second-order valence-corrected chi connectivity index (χ2v) is 9.30. The van der Waals surface area contributed by atoms with Gasteiger partial charge in [-0.15, -0.1) is 0 Å². The van der Waals surface area contributed by atoms with Gasteiger partial charge in [-0.1, -0.05) is 6.07 Å². The van der Waals surface area contributed by atoms with Gasteiger partial charge < -0.3 is 24.8 Å². The Morgan fingerprint density at radius 1 is 0.804 bits per heavy atom. The van der Waals surface area contributed by atoms with Crippen LogP contribution in [-0.2, 0) is 37.0 Å². The van der Waals surface area contributed by atoms with Crippen molar-refractivity contribution in [3.05, 3.63) is 60.2 Å². The van der Waals surface area contributed by atoms with Gasteiger partial charge in [0.15, 0.2) is 0 Å². The number of carbonyl (C=O) groups is 3. The molecular weight excluding hydrogens is 653 g/mol. The van der Waals surface area contributed by atoms with Gasteiger partial charge in [-0.05, 0) is 49.1 Å². The molecule has 0 saturated carbocycles. The van der Waals surface area contributed by atoms with Gasteiger partial charge in [0.1, 0.15) is 0 Å². The van der Waals surface area contributed by atoms with E-state index in [1.54, 1.807) is 12.4 Å². The molecule has 46 heavy (non-hydrogen) atoms. The summed E-state index contributed by atoms with van der Waals surface area (Å²) in [6.45, 7) is 3.32. The fourth-order valence-electron chi connectivity index (χ4n) is 3.89. The summed E-state index contributed by atoms with van der Waals surface area (Å²) in [5.74, 6) is -8.27. The molecule has 0 unspecified atom stereocenters. The minimum atomic E-state index is -5.08. The topological polar surface area (TPSA) is 159 Å². The van der Waals surface area contributed by atoms with Crippen molar-refractivity contribution >= 4 is 17.9 Å². The number of aromatic nitrogens is 2. The zero-order chi connectivity index (χ0) is 35.1. The molecule has 20 heteroatoms.